The second-order valence-corrected chi connectivity index (χ2v) is 7.55. The van der Waals surface area contributed by atoms with Crippen LogP contribution in [0.25, 0.3) is 0 Å². The minimum Gasteiger partial charge on any atom is -0.464 e. The summed E-state index contributed by atoms with van der Waals surface area (Å²) >= 11 is 0. The van der Waals surface area contributed by atoms with Gasteiger partial charge in [0.25, 0.3) is 5.91 Å². The summed E-state index contributed by atoms with van der Waals surface area (Å²) in [6, 6.07) is 3.18. The summed E-state index contributed by atoms with van der Waals surface area (Å²) in [7, 11) is -1.31. The zero-order chi connectivity index (χ0) is 18.9. The maximum atomic E-state index is 12.9. The molecule has 10 nitrogen and oxygen atoms in total. The summed E-state index contributed by atoms with van der Waals surface area (Å²) < 4.78 is 37.9. The average Bonchev–Trinajstić information content (AvgIpc) is 3.30. The van der Waals surface area contributed by atoms with Gasteiger partial charge in [-0.2, -0.15) is 9.40 Å². The van der Waals surface area contributed by atoms with Gasteiger partial charge in [0.1, 0.15) is 4.90 Å². The van der Waals surface area contributed by atoms with Crippen LogP contribution in [-0.2, 0) is 21.8 Å². The maximum absolute atomic E-state index is 12.9. The Kier molecular flexibility index (Phi) is 4.83. The van der Waals surface area contributed by atoms with Gasteiger partial charge in [0.15, 0.2) is 11.5 Å². The van der Waals surface area contributed by atoms with Crippen LogP contribution in [0.3, 0.4) is 0 Å². The lowest BCUT2D eigenvalue weighted by Crippen LogP contribution is -2.50. The van der Waals surface area contributed by atoms with E-state index in [-0.39, 0.29) is 48.4 Å². The van der Waals surface area contributed by atoms with Gasteiger partial charge in [-0.25, -0.2) is 13.2 Å². The molecule has 0 aromatic carbocycles. The lowest BCUT2D eigenvalue weighted by atomic mass is 10.3. The molecule has 0 aliphatic carbocycles. The van der Waals surface area contributed by atoms with E-state index < -0.39 is 16.0 Å². The highest BCUT2D eigenvalue weighted by atomic mass is 32.2. The minimum absolute atomic E-state index is 0.101. The highest BCUT2D eigenvalue weighted by molar-refractivity contribution is 7.89. The van der Waals surface area contributed by atoms with Crippen LogP contribution in [0.5, 0.6) is 0 Å². The fourth-order valence-corrected chi connectivity index (χ4v) is 4.32. The first-order valence-corrected chi connectivity index (χ1v) is 9.23. The van der Waals surface area contributed by atoms with Crippen molar-refractivity contribution < 1.29 is 27.2 Å². The zero-order valence-corrected chi connectivity index (χ0v) is 15.1. The van der Waals surface area contributed by atoms with E-state index in [1.807, 2.05) is 0 Å². The van der Waals surface area contributed by atoms with E-state index in [4.69, 9.17) is 4.42 Å². The Morgan fingerprint density at radius 2 is 1.92 bits per heavy atom. The van der Waals surface area contributed by atoms with Crippen molar-refractivity contribution in [2.24, 2.45) is 7.05 Å². The molecule has 0 spiro atoms. The molecule has 0 unspecified atom stereocenters. The van der Waals surface area contributed by atoms with Gasteiger partial charge in [-0.05, 0) is 12.1 Å². The molecule has 1 saturated heterocycles. The molecule has 140 valence electrons. The molecule has 2 aromatic rings. The largest absolute Gasteiger partial charge is 0.464 e. The molecule has 1 fully saturated rings. The molecule has 3 rings (SSSR count). The van der Waals surface area contributed by atoms with Crippen molar-refractivity contribution in [1.82, 2.24) is 19.0 Å². The molecular formula is C15H18N4O6S. The highest BCUT2D eigenvalue weighted by Crippen LogP contribution is 2.22. The molecular weight excluding hydrogens is 364 g/mol. The molecule has 3 heterocycles. The predicted octanol–water partition coefficient (Wildman–Crippen LogP) is -0.0536. The van der Waals surface area contributed by atoms with Crippen LogP contribution in [0.2, 0.25) is 0 Å². The van der Waals surface area contributed by atoms with Gasteiger partial charge in [0.2, 0.25) is 10.0 Å². The molecule has 2 aromatic heterocycles. The summed E-state index contributed by atoms with van der Waals surface area (Å²) in [5.74, 6) is -0.861. The van der Waals surface area contributed by atoms with Crippen LogP contribution < -0.4 is 0 Å². The average molecular weight is 382 g/mol. The number of hydrogen-bond donors (Lipinski definition) is 0. The van der Waals surface area contributed by atoms with Crippen molar-refractivity contribution in [2.75, 3.05) is 33.3 Å². The third-order valence-corrected chi connectivity index (χ3v) is 6.06. The Bertz CT molecular complexity index is 910. The number of carbonyl (C=O) groups excluding carboxylic acids is 2. The van der Waals surface area contributed by atoms with Gasteiger partial charge in [0, 0.05) is 33.2 Å². The normalized spacial score (nSPS) is 15.8. The fraction of sp³-hybridized carbons (Fsp3) is 0.400. The van der Waals surface area contributed by atoms with Crippen LogP contribution in [0, 0.1) is 0 Å². The van der Waals surface area contributed by atoms with E-state index in [9.17, 15) is 18.0 Å². The maximum Gasteiger partial charge on any atom is 0.357 e. The molecule has 1 aliphatic rings. The van der Waals surface area contributed by atoms with Gasteiger partial charge >= 0.3 is 5.97 Å². The second-order valence-electron chi connectivity index (χ2n) is 5.65. The number of methoxy groups -OCH3 is 1. The van der Waals surface area contributed by atoms with Crippen molar-refractivity contribution in [3.05, 3.63) is 36.0 Å². The molecule has 11 heteroatoms. The number of furan rings is 1. The third-order valence-electron chi connectivity index (χ3n) is 4.16. The van der Waals surface area contributed by atoms with Crippen molar-refractivity contribution in [3.8, 4) is 0 Å². The Hall–Kier alpha value is -2.66. The quantitative estimate of drug-likeness (QED) is 0.681. The van der Waals surface area contributed by atoms with Crippen molar-refractivity contribution in [3.63, 3.8) is 0 Å². The number of nitrogens with zero attached hydrogens (tertiary/aromatic N) is 4. The van der Waals surface area contributed by atoms with Crippen molar-refractivity contribution >= 4 is 21.9 Å². The van der Waals surface area contributed by atoms with Crippen LogP contribution in [-0.4, -0.2) is 72.6 Å². The Labute approximate surface area is 150 Å². The van der Waals surface area contributed by atoms with E-state index >= 15 is 0 Å². The molecule has 0 saturated carbocycles. The van der Waals surface area contributed by atoms with E-state index in [0.717, 1.165) is 10.9 Å². The van der Waals surface area contributed by atoms with E-state index in [1.54, 1.807) is 12.1 Å². The van der Waals surface area contributed by atoms with Gasteiger partial charge < -0.3 is 14.1 Å². The van der Waals surface area contributed by atoms with Crippen LogP contribution in [0.4, 0.5) is 0 Å². The standard InChI is InChI=1S/C15H18N4O6S/c1-17-13(15(21)24-2)12(10-16-17)26(22,23)19-7-5-18(6-8-19)14(20)11-4-3-9-25-11/h3-4,9-10H,5-8H2,1-2H3. The van der Waals surface area contributed by atoms with Crippen LogP contribution >= 0.6 is 0 Å². The monoisotopic (exact) mass is 382 g/mol. The third kappa shape index (κ3) is 3.10. The highest BCUT2D eigenvalue weighted by Gasteiger charge is 2.35. The SMILES string of the molecule is COC(=O)c1c(S(=O)(=O)N2CCN(C(=O)c3ccco3)CC2)cnn1C. The first-order valence-electron chi connectivity index (χ1n) is 7.79. The van der Waals surface area contributed by atoms with Crippen molar-refractivity contribution in [1.29, 1.82) is 0 Å². The molecule has 26 heavy (non-hydrogen) atoms. The topological polar surface area (TPSA) is 115 Å². The number of ether oxygens (including phenoxy) is 1. The number of carbonyl (C=O) groups is 2. The number of piperazine rings is 1. The molecule has 0 radical (unpaired) electrons. The number of hydrogen-bond acceptors (Lipinski definition) is 7. The first-order chi connectivity index (χ1) is 12.4. The molecule has 0 N–H and O–H groups in total. The molecule has 1 amide bonds. The second kappa shape index (κ2) is 6.92. The fourth-order valence-electron chi connectivity index (χ4n) is 2.76. The number of sulfonamides is 1. The van der Waals surface area contributed by atoms with Gasteiger partial charge in [-0.1, -0.05) is 0 Å². The van der Waals surface area contributed by atoms with Gasteiger partial charge in [0.05, 0.1) is 19.6 Å². The van der Waals surface area contributed by atoms with E-state index in [1.165, 1.54) is 29.6 Å². The molecule has 0 bridgehead atoms. The summed E-state index contributed by atoms with van der Waals surface area (Å²) in [6.07, 6.45) is 2.53. The Morgan fingerprint density at radius 1 is 1.23 bits per heavy atom. The van der Waals surface area contributed by atoms with Gasteiger partial charge in [-0.15, -0.1) is 0 Å². The zero-order valence-electron chi connectivity index (χ0n) is 14.3. The summed E-state index contributed by atoms with van der Waals surface area (Å²) in [6.45, 7) is 0.633. The smallest absolute Gasteiger partial charge is 0.357 e. The number of esters is 1. The lowest BCUT2D eigenvalue weighted by molar-refractivity contribution is 0.0583. The molecule has 1 aliphatic heterocycles. The van der Waals surface area contributed by atoms with Gasteiger partial charge in [-0.3, -0.25) is 9.48 Å². The number of rotatable bonds is 4. The summed E-state index contributed by atoms with van der Waals surface area (Å²) in [5.41, 5.74) is -0.137. The first kappa shape index (κ1) is 18.1. The number of aryl methyl sites for hydroxylation is 1. The minimum atomic E-state index is -3.94. The predicted molar refractivity (Wildman–Crippen MR) is 87.9 cm³/mol. The summed E-state index contributed by atoms with van der Waals surface area (Å²) in [4.78, 5) is 25.5. The number of amides is 1. The Morgan fingerprint density at radius 3 is 2.50 bits per heavy atom. The number of aromatic nitrogens is 2. The lowest BCUT2D eigenvalue weighted by Gasteiger charge is -2.33. The Balaban J connectivity index is 1.77. The van der Waals surface area contributed by atoms with Crippen molar-refractivity contribution in [2.45, 2.75) is 4.90 Å². The van der Waals surface area contributed by atoms with E-state index in [0.29, 0.717) is 0 Å². The van der Waals surface area contributed by atoms with Crippen LogP contribution in [0.1, 0.15) is 21.0 Å². The molecule has 0 atom stereocenters. The van der Waals surface area contributed by atoms with Crippen LogP contribution in [0.15, 0.2) is 33.9 Å². The van der Waals surface area contributed by atoms with E-state index in [2.05, 4.69) is 9.84 Å². The summed E-state index contributed by atoms with van der Waals surface area (Å²) in [5, 5.41) is 3.86.